The summed E-state index contributed by atoms with van der Waals surface area (Å²) in [5.74, 6) is 3.68. The Morgan fingerprint density at radius 3 is 1.60 bits per heavy atom. The molecule has 57 heavy (non-hydrogen) atoms. The molecule has 2 aliphatic rings. The molecule has 1 spiro atoms. The molecule has 0 amide bonds. The molecule has 4 heteroatoms. The molecule has 2 heterocycles. The van der Waals surface area contributed by atoms with Crippen LogP contribution in [0.15, 0.2) is 188 Å². The van der Waals surface area contributed by atoms with Gasteiger partial charge in [0.2, 0.25) is 0 Å². The molecule has 0 unspecified atom stereocenters. The van der Waals surface area contributed by atoms with Crippen LogP contribution in [-0.2, 0) is 10.8 Å². The van der Waals surface area contributed by atoms with Gasteiger partial charge in [0.1, 0.15) is 11.5 Å². The monoisotopic (exact) mass is 731 g/mol. The quantitative estimate of drug-likeness (QED) is 0.181. The van der Waals surface area contributed by atoms with Crippen LogP contribution in [0.3, 0.4) is 0 Å². The van der Waals surface area contributed by atoms with Crippen LogP contribution in [0.4, 0.5) is 0 Å². The van der Waals surface area contributed by atoms with Crippen molar-refractivity contribution in [3.63, 3.8) is 0 Å². The number of benzene rings is 8. The van der Waals surface area contributed by atoms with E-state index in [9.17, 15) is 0 Å². The summed E-state index contributed by atoms with van der Waals surface area (Å²) in [4.78, 5) is 15.3. The minimum absolute atomic E-state index is 0.330. The largest absolute Gasteiger partial charge is 0.457 e. The normalized spacial score (nSPS) is 14.2. The summed E-state index contributed by atoms with van der Waals surface area (Å²) in [5, 5.41) is 2.32. The zero-order valence-corrected chi connectivity index (χ0v) is 31.6. The van der Waals surface area contributed by atoms with Crippen molar-refractivity contribution in [3.8, 4) is 56.8 Å². The van der Waals surface area contributed by atoms with Crippen molar-refractivity contribution in [2.75, 3.05) is 0 Å². The third-order valence-electron chi connectivity index (χ3n) is 12.0. The van der Waals surface area contributed by atoms with Gasteiger partial charge in [-0.05, 0) is 68.4 Å². The maximum atomic E-state index is 6.65. The lowest BCUT2D eigenvalue weighted by Gasteiger charge is -2.50. The minimum atomic E-state index is -0.589. The second-order valence-corrected chi connectivity index (χ2v) is 15.6. The standard InChI is InChI=1S/C53H37N3O/c1-52(2)41-23-8-9-24-42(41)53(43-25-10-12-28-46(43)57-47-29-13-11-26-44(47)53)45-27-15-22-40(48(45)52)37-20-14-21-38(33-37)50-54-49(35-17-4-3-5-18-35)55-51(56-50)39-31-30-34-16-6-7-19-36(34)32-39/h3-33H,1-2H3. The van der Waals surface area contributed by atoms with Crippen LogP contribution in [0.5, 0.6) is 11.5 Å². The zero-order chi connectivity index (χ0) is 38.1. The molecular formula is C53H37N3O. The van der Waals surface area contributed by atoms with E-state index in [1.54, 1.807) is 0 Å². The highest BCUT2D eigenvalue weighted by atomic mass is 16.5. The number of rotatable bonds is 4. The molecule has 0 fully saturated rings. The Kier molecular flexibility index (Phi) is 7.39. The number of aromatic nitrogens is 3. The van der Waals surface area contributed by atoms with E-state index in [1.807, 2.05) is 18.2 Å². The molecule has 1 aliphatic carbocycles. The highest BCUT2D eigenvalue weighted by Crippen LogP contribution is 2.62. The molecule has 1 aliphatic heterocycles. The Labute approximate surface area is 332 Å². The summed E-state index contributed by atoms with van der Waals surface area (Å²) in [6.45, 7) is 4.74. The maximum Gasteiger partial charge on any atom is 0.164 e. The Bertz CT molecular complexity index is 2990. The van der Waals surface area contributed by atoms with Crippen molar-refractivity contribution >= 4 is 10.8 Å². The Hall–Kier alpha value is -7.17. The molecule has 0 bridgehead atoms. The van der Waals surface area contributed by atoms with Gasteiger partial charge in [0.15, 0.2) is 17.5 Å². The molecule has 9 aromatic rings. The van der Waals surface area contributed by atoms with E-state index in [1.165, 1.54) is 33.2 Å². The van der Waals surface area contributed by atoms with Crippen LogP contribution in [0.2, 0.25) is 0 Å². The van der Waals surface area contributed by atoms with E-state index in [4.69, 9.17) is 19.7 Å². The molecule has 4 nitrogen and oxygen atoms in total. The molecule has 0 radical (unpaired) electrons. The summed E-state index contributed by atoms with van der Waals surface area (Å²) >= 11 is 0. The van der Waals surface area contributed by atoms with Gasteiger partial charge in [-0.1, -0.05) is 178 Å². The van der Waals surface area contributed by atoms with Crippen molar-refractivity contribution in [1.29, 1.82) is 0 Å². The highest BCUT2D eigenvalue weighted by molar-refractivity contribution is 5.87. The average molecular weight is 732 g/mol. The first kappa shape index (κ1) is 33.2. The molecule has 1 aromatic heterocycles. The van der Waals surface area contributed by atoms with Crippen molar-refractivity contribution in [3.05, 3.63) is 221 Å². The van der Waals surface area contributed by atoms with Crippen LogP contribution in [0, 0.1) is 0 Å². The van der Waals surface area contributed by atoms with Crippen molar-refractivity contribution in [2.24, 2.45) is 0 Å². The molecule has 0 saturated carbocycles. The number of fused-ring (bicyclic) bond motifs is 9. The van der Waals surface area contributed by atoms with Gasteiger partial charge in [-0.3, -0.25) is 0 Å². The first-order chi connectivity index (χ1) is 28.0. The van der Waals surface area contributed by atoms with E-state index in [0.717, 1.165) is 50.3 Å². The lowest BCUT2D eigenvalue weighted by molar-refractivity contribution is 0.425. The lowest BCUT2D eigenvalue weighted by Crippen LogP contribution is -2.43. The third kappa shape index (κ3) is 5.04. The Balaban J connectivity index is 1.14. The van der Waals surface area contributed by atoms with Crippen molar-refractivity contribution in [1.82, 2.24) is 15.0 Å². The fourth-order valence-corrected chi connectivity index (χ4v) is 9.49. The van der Waals surface area contributed by atoms with Gasteiger partial charge >= 0.3 is 0 Å². The zero-order valence-electron chi connectivity index (χ0n) is 31.6. The molecule has 8 aromatic carbocycles. The number of nitrogens with zero attached hydrogens (tertiary/aromatic N) is 3. The van der Waals surface area contributed by atoms with Crippen LogP contribution in [-0.4, -0.2) is 15.0 Å². The van der Waals surface area contributed by atoms with Crippen LogP contribution >= 0.6 is 0 Å². The predicted molar refractivity (Wildman–Crippen MR) is 230 cm³/mol. The van der Waals surface area contributed by atoms with Crippen LogP contribution in [0.1, 0.15) is 47.2 Å². The van der Waals surface area contributed by atoms with E-state index in [0.29, 0.717) is 17.5 Å². The van der Waals surface area contributed by atoms with Gasteiger partial charge in [0.05, 0.1) is 5.41 Å². The van der Waals surface area contributed by atoms with Crippen LogP contribution in [0.25, 0.3) is 56.1 Å². The lowest BCUT2D eigenvalue weighted by atomic mass is 9.53. The van der Waals surface area contributed by atoms with Gasteiger partial charge in [0, 0.05) is 33.2 Å². The van der Waals surface area contributed by atoms with E-state index in [2.05, 4.69) is 184 Å². The highest BCUT2D eigenvalue weighted by Gasteiger charge is 2.53. The van der Waals surface area contributed by atoms with Gasteiger partial charge in [-0.15, -0.1) is 0 Å². The molecular weight excluding hydrogens is 695 g/mol. The first-order valence-electron chi connectivity index (χ1n) is 19.5. The fraction of sp³-hybridized carbons (Fsp3) is 0.0755. The molecule has 11 rings (SSSR count). The first-order valence-corrected chi connectivity index (χ1v) is 19.5. The number of hydrogen-bond acceptors (Lipinski definition) is 4. The van der Waals surface area contributed by atoms with Gasteiger partial charge < -0.3 is 4.74 Å². The van der Waals surface area contributed by atoms with Gasteiger partial charge in [0.25, 0.3) is 0 Å². The second-order valence-electron chi connectivity index (χ2n) is 15.6. The predicted octanol–water partition coefficient (Wildman–Crippen LogP) is 12.8. The van der Waals surface area contributed by atoms with Crippen molar-refractivity contribution < 1.29 is 4.74 Å². The average Bonchev–Trinajstić information content (AvgIpc) is 3.27. The van der Waals surface area contributed by atoms with Gasteiger partial charge in [-0.2, -0.15) is 0 Å². The van der Waals surface area contributed by atoms with Crippen molar-refractivity contribution in [2.45, 2.75) is 24.7 Å². The smallest absolute Gasteiger partial charge is 0.164 e. The number of ether oxygens (including phenoxy) is 1. The minimum Gasteiger partial charge on any atom is -0.457 e. The van der Waals surface area contributed by atoms with E-state index < -0.39 is 5.41 Å². The molecule has 0 saturated heterocycles. The summed E-state index contributed by atoms with van der Waals surface area (Å²) in [5.41, 5.74) is 11.6. The third-order valence-corrected chi connectivity index (χ3v) is 12.0. The number of para-hydroxylation sites is 2. The Morgan fingerprint density at radius 2 is 0.877 bits per heavy atom. The summed E-state index contributed by atoms with van der Waals surface area (Å²) < 4.78 is 6.65. The second kappa shape index (κ2) is 12.7. The molecule has 0 atom stereocenters. The van der Waals surface area contributed by atoms with E-state index in [-0.39, 0.29) is 5.41 Å². The topological polar surface area (TPSA) is 47.9 Å². The molecule has 0 N–H and O–H groups in total. The fourth-order valence-electron chi connectivity index (χ4n) is 9.49. The number of hydrogen-bond donors (Lipinski definition) is 0. The maximum absolute atomic E-state index is 6.65. The van der Waals surface area contributed by atoms with Gasteiger partial charge in [-0.25, -0.2) is 15.0 Å². The molecule has 270 valence electrons. The Morgan fingerprint density at radius 1 is 0.368 bits per heavy atom. The summed E-state index contributed by atoms with van der Waals surface area (Å²) in [7, 11) is 0. The van der Waals surface area contributed by atoms with E-state index >= 15 is 0 Å². The SMILES string of the molecule is CC1(C)c2ccccc2C2(c3ccccc3Oc3ccccc32)c2cccc(-c3cccc(-c4nc(-c5ccccc5)nc(-c5ccc6ccccc6c5)n4)c3)c21. The van der Waals surface area contributed by atoms with Crippen LogP contribution < -0.4 is 4.74 Å². The summed E-state index contributed by atoms with van der Waals surface area (Å²) in [6.07, 6.45) is 0. The summed E-state index contributed by atoms with van der Waals surface area (Å²) in [6, 6.07) is 66.6.